The van der Waals surface area contributed by atoms with Gasteiger partial charge in [-0.15, -0.1) is 0 Å². The minimum Gasteiger partial charge on any atom is -0.497 e. The number of ether oxygens (including phenoxy) is 2. The zero-order chi connectivity index (χ0) is 29.3. The van der Waals surface area contributed by atoms with Crippen molar-refractivity contribution in [3.8, 4) is 11.5 Å². The summed E-state index contributed by atoms with van der Waals surface area (Å²) in [5.41, 5.74) is -0.305. The summed E-state index contributed by atoms with van der Waals surface area (Å²) < 4.78 is 44.9. The maximum absolute atomic E-state index is 13.6. The first kappa shape index (κ1) is 27.4. The van der Waals surface area contributed by atoms with Crippen molar-refractivity contribution in [3.63, 3.8) is 0 Å². The first-order chi connectivity index (χ1) is 19.6. The van der Waals surface area contributed by atoms with Crippen LogP contribution >= 0.6 is 0 Å². The Morgan fingerprint density at radius 2 is 1.63 bits per heavy atom. The van der Waals surface area contributed by atoms with Gasteiger partial charge in [0.2, 0.25) is 0 Å². The number of sulfonamides is 1. The largest absolute Gasteiger partial charge is 0.497 e. The summed E-state index contributed by atoms with van der Waals surface area (Å²) in [6.07, 6.45) is 1.49. The first-order valence-electron chi connectivity index (χ1n) is 12.2. The highest BCUT2D eigenvalue weighted by molar-refractivity contribution is 7.92. The predicted molar refractivity (Wildman–Crippen MR) is 149 cm³/mol. The lowest BCUT2D eigenvalue weighted by atomic mass is 10.0. The molecule has 41 heavy (non-hydrogen) atoms. The molecule has 0 spiro atoms. The van der Waals surface area contributed by atoms with E-state index in [1.165, 1.54) is 18.2 Å². The topological polar surface area (TPSA) is 155 Å². The minimum absolute atomic E-state index is 0.0382. The molecule has 0 atom stereocenters. The van der Waals surface area contributed by atoms with E-state index in [0.717, 1.165) is 22.0 Å². The molecule has 4 aromatic rings. The maximum Gasteiger partial charge on any atom is 0.285 e. The molecule has 0 N–H and O–H groups in total. The summed E-state index contributed by atoms with van der Waals surface area (Å²) in [5, 5.41) is 23.6. The summed E-state index contributed by atoms with van der Waals surface area (Å²) in [7, 11) is -2.67. The van der Waals surface area contributed by atoms with E-state index in [4.69, 9.17) is 13.9 Å². The molecule has 210 valence electrons. The highest BCUT2D eigenvalue weighted by Gasteiger charge is 2.40. The van der Waals surface area contributed by atoms with Crippen LogP contribution in [0, 0.1) is 27.2 Å². The van der Waals surface area contributed by atoms with E-state index in [2.05, 4.69) is 0 Å². The Labute approximate surface area is 234 Å². The Morgan fingerprint density at radius 3 is 2.27 bits per heavy atom. The highest BCUT2D eigenvalue weighted by Crippen LogP contribution is 2.47. The van der Waals surface area contributed by atoms with E-state index < -0.39 is 31.2 Å². The maximum atomic E-state index is 13.6. The van der Waals surface area contributed by atoms with Crippen LogP contribution in [0.1, 0.15) is 22.6 Å². The number of fused-ring (bicyclic) bond motifs is 1. The van der Waals surface area contributed by atoms with Crippen LogP contribution in [0.3, 0.4) is 0 Å². The second-order valence-corrected chi connectivity index (χ2v) is 11.0. The third kappa shape index (κ3) is 5.47. The quantitative estimate of drug-likeness (QED) is 0.179. The van der Waals surface area contributed by atoms with Crippen molar-refractivity contribution in [1.82, 2.24) is 0 Å². The predicted octanol–water partition coefficient (Wildman–Crippen LogP) is 5.74. The third-order valence-electron chi connectivity index (χ3n) is 6.44. The first-order valence-corrected chi connectivity index (χ1v) is 13.6. The zero-order valence-electron chi connectivity index (χ0n) is 21.8. The van der Waals surface area contributed by atoms with E-state index in [-0.39, 0.29) is 34.9 Å². The average molecular weight is 578 g/mol. The molecule has 1 aliphatic heterocycles. The molecule has 1 aromatic heterocycles. The van der Waals surface area contributed by atoms with E-state index in [1.807, 2.05) is 0 Å². The molecule has 0 unspecified atom stereocenters. The van der Waals surface area contributed by atoms with Crippen LogP contribution in [-0.4, -0.2) is 31.9 Å². The molecule has 0 aliphatic carbocycles. The van der Waals surface area contributed by atoms with Gasteiger partial charge in [-0.25, -0.2) is 8.42 Å². The molecule has 2 heterocycles. The molecular formula is C28H23N3O9S. The molecule has 12 nitrogen and oxygen atoms in total. The molecule has 3 aromatic carbocycles. The highest BCUT2D eigenvalue weighted by atomic mass is 32.2. The Hall–Kier alpha value is -5.17. The van der Waals surface area contributed by atoms with Crippen LogP contribution < -0.4 is 13.8 Å². The smallest absolute Gasteiger partial charge is 0.285 e. The van der Waals surface area contributed by atoms with Crippen LogP contribution in [-0.2, 0) is 16.6 Å². The lowest BCUT2D eigenvalue weighted by molar-refractivity contribution is -0.394. The summed E-state index contributed by atoms with van der Waals surface area (Å²) >= 11 is 0. The summed E-state index contributed by atoms with van der Waals surface area (Å²) in [6.45, 7) is 1.59. The Kier molecular flexibility index (Phi) is 7.20. The van der Waals surface area contributed by atoms with Crippen molar-refractivity contribution in [3.05, 3.63) is 116 Å². The van der Waals surface area contributed by atoms with Crippen LogP contribution in [0.4, 0.5) is 17.1 Å². The van der Waals surface area contributed by atoms with Gasteiger partial charge >= 0.3 is 0 Å². The number of rotatable bonds is 9. The number of aryl methyl sites for hydroxylation is 1. The van der Waals surface area contributed by atoms with Crippen molar-refractivity contribution in [2.24, 2.45) is 0 Å². The van der Waals surface area contributed by atoms with Gasteiger partial charge in [0, 0.05) is 6.07 Å². The van der Waals surface area contributed by atoms with Gasteiger partial charge in [-0.05, 0) is 67.1 Å². The fourth-order valence-electron chi connectivity index (χ4n) is 4.41. The van der Waals surface area contributed by atoms with Crippen LogP contribution in [0.2, 0.25) is 0 Å². The van der Waals surface area contributed by atoms with Gasteiger partial charge in [-0.3, -0.25) is 24.5 Å². The van der Waals surface area contributed by atoms with Gasteiger partial charge in [0.1, 0.15) is 29.6 Å². The van der Waals surface area contributed by atoms with Crippen molar-refractivity contribution in [2.75, 3.05) is 18.0 Å². The van der Waals surface area contributed by atoms with Gasteiger partial charge in [-0.2, -0.15) is 0 Å². The molecule has 0 bridgehead atoms. The van der Waals surface area contributed by atoms with Gasteiger partial charge in [-0.1, -0.05) is 17.7 Å². The number of methoxy groups -OCH3 is 1. The average Bonchev–Trinajstić information content (AvgIpc) is 3.56. The second-order valence-electron chi connectivity index (χ2n) is 9.14. The number of nitrogens with zero attached hydrogens (tertiary/aromatic N) is 3. The number of nitro groups is 2. The molecule has 1 aliphatic rings. The lowest BCUT2D eigenvalue weighted by Crippen LogP contribution is -2.29. The fraction of sp³-hybridized carbons (Fsp3) is 0.143. The van der Waals surface area contributed by atoms with Crippen LogP contribution in [0.25, 0.3) is 11.6 Å². The number of furan rings is 1. The van der Waals surface area contributed by atoms with E-state index in [1.54, 1.807) is 62.6 Å². The zero-order valence-corrected chi connectivity index (χ0v) is 22.7. The van der Waals surface area contributed by atoms with E-state index in [0.29, 0.717) is 23.0 Å². The summed E-state index contributed by atoms with van der Waals surface area (Å²) in [4.78, 5) is 22.0. The Bertz CT molecular complexity index is 1780. The Balaban J connectivity index is 1.52. The number of nitro benzene ring substituents is 2. The fourth-order valence-corrected chi connectivity index (χ4v) is 5.86. The molecule has 13 heteroatoms. The molecule has 0 radical (unpaired) electrons. The van der Waals surface area contributed by atoms with Crippen LogP contribution in [0.5, 0.6) is 11.5 Å². The monoisotopic (exact) mass is 577 g/mol. The van der Waals surface area contributed by atoms with Crippen molar-refractivity contribution >= 4 is 38.7 Å². The number of benzene rings is 3. The molecule has 0 fully saturated rings. The van der Waals surface area contributed by atoms with Gasteiger partial charge in [0.15, 0.2) is 0 Å². The summed E-state index contributed by atoms with van der Waals surface area (Å²) in [6, 6.07) is 18.2. The third-order valence-corrected chi connectivity index (χ3v) is 8.22. The molecular weight excluding hydrogens is 554 g/mol. The number of non-ortho nitro benzene ring substituents is 1. The number of hydrogen-bond acceptors (Lipinski definition) is 9. The Morgan fingerprint density at radius 1 is 0.951 bits per heavy atom. The lowest BCUT2D eigenvalue weighted by Gasteiger charge is -2.19. The number of anilines is 1. The molecule has 5 rings (SSSR count). The van der Waals surface area contributed by atoms with Gasteiger partial charge < -0.3 is 13.9 Å². The molecule has 0 amide bonds. The van der Waals surface area contributed by atoms with Crippen molar-refractivity contribution in [1.29, 1.82) is 0 Å². The van der Waals surface area contributed by atoms with Crippen molar-refractivity contribution in [2.45, 2.75) is 18.4 Å². The normalized spacial score (nSPS) is 13.7. The van der Waals surface area contributed by atoms with Gasteiger partial charge in [0.25, 0.3) is 21.4 Å². The molecule has 0 saturated heterocycles. The SMILES string of the molecule is COc1ccc(OCc2ccc(/C=C3\CN(S(=O)(=O)c4ccc(C)cc4)c4cc([N+](=O)[O-])cc([N+](=O)[O-])c43)o2)cc1. The van der Waals surface area contributed by atoms with Crippen LogP contribution in [0.15, 0.2) is 82.1 Å². The molecule has 0 saturated carbocycles. The van der Waals surface area contributed by atoms with E-state index in [9.17, 15) is 28.6 Å². The minimum atomic E-state index is -4.23. The van der Waals surface area contributed by atoms with Crippen molar-refractivity contribution < 1.29 is 32.2 Å². The standard InChI is InChI=1S/C28H23N3O9S/c1-18-3-11-25(12-4-18)41(36,37)29-16-19(28-26(29)14-20(30(32)33)15-27(28)31(34)35)13-23-9-10-24(40-23)17-39-22-7-5-21(38-2)6-8-22/h3-15H,16-17H2,1-2H3/b19-13+. The summed E-state index contributed by atoms with van der Waals surface area (Å²) in [5.74, 6) is 2.01. The van der Waals surface area contributed by atoms with Gasteiger partial charge in [0.05, 0.1) is 45.7 Å². The van der Waals surface area contributed by atoms with E-state index >= 15 is 0 Å². The number of hydrogen-bond donors (Lipinski definition) is 0. The second kappa shape index (κ2) is 10.8.